The van der Waals surface area contributed by atoms with Crippen LogP contribution in [-0.2, 0) is 9.63 Å². The molecule has 1 aliphatic carbocycles. The number of alkyl halides is 3. The summed E-state index contributed by atoms with van der Waals surface area (Å²) in [5.74, 6) is -0.198. The number of allylic oxidation sites excluding steroid dienone is 4. The molecule has 1 saturated heterocycles. The summed E-state index contributed by atoms with van der Waals surface area (Å²) in [6.45, 7) is 1.03. The van der Waals surface area contributed by atoms with E-state index in [0.29, 0.717) is 25.9 Å². The Hall–Kier alpha value is -1.79. The lowest BCUT2D eigenvalue weighted by Crippen LogP contribution is -2.46. The normalized spacial score (nSPS) is 22.6. The van der Waals surface area contributed by atoms with Crippen LogP contribution in [0.1, 0.15) is 51.4 Å². The zero-order valence-corrected chi connectivity index (χ0v) is 14.1. The van der Waals surface area contributed by atoms with Crippen molar-refractivity contribution in [1.29, 1.82) is 0 Å². The average Bonchev–Trinajstić information content (AvgIpc) is 2.99. The predicted octanol–water partition coefficient (Wildman–Crippen LogP) is 4.13. The molecule has 3 aliphatic rings. The molecule has 2 heterocycles. The van der Waals surface area contributed by atoms with Crippen LogP contribution in [0, 0.1) is 0 Å². The molecule has 1 fully saturated rings. The van der Waals surface area contributed by atoms with Crippen LogP contribution in [-0.4, -0.2) is 41.4 Å². The van der Waals surface area contributed by atoms with E-state index in [1.165, 1.54) is 0 Å². The Morgan fingerprint density at radius 2 is 2.04 bits per heavy atom. The second-order valence-corrected chi connectivity index (χ2v) is 6.98. The molecule has 138 valence electrons. The van der Waals surface area contributed by atoms with Gasteiger partial charge in [0, 0.05) is 45.2 Å². The molecule has 1 amide bonds. The van der Waals surface area contributed by atoms with Crippen LogP contribution in [0.25, 0.3) is 0 Å². The molecule has 0 aromatic carbocycles. The van der Waals surface area contributed by atoms with Gasteiger partial charge >= 0.3 is 6.18 Å². The van der Waals surface area contributed by atoms with Crippen molar-refractivity contribution in [1.82, 2.24) is 4.90 Å². The van der Waals surface area contributed by atoms with E-state index in [1.54, 1.807) is 4.90 Å². The van der Waals surface area contributed by atoms with E-state index >= 15 is 0 Å². The van der Waals surface area contributed by atoms with Crippen LogP contribution in [0.3, 0.4) is 0 Å². The highest BCUT2D eigenvalue weighted by molar-refractivity contribution is 6.03. The first-order valence-corrected chi connectivity index (χ1v) is 8.84. The third-order valence-electron chi connectivity index (χ3n) is 5.05. The first kappa shape index (κ1) is 18.0. The second kappa shape index (κ2) is 7.22. The number of oxime groups is 1. The van der Waals surface area contributed by atoms with Crippen molar-refractivity contribution < 1.29 is 22.8 Å². The number of carbonyl (C=O) groups is 1. The lowest BCUT2D eigenvalue weighted by Gasteiger charge is -2.37. The van der Waals surface area contributed by atoms with Crippen LogP contribution in [0.15, 0.2) is 29.0 Å². The van der Waals surface area contributed by atoms with E-state index < -0.39 is 12.6 Å². The minimum Gasteiger partial charge on any atom is -0.388 e. The van der Waals surface area contributed by atoms with Crippen LogP contribution < -0.4 is 0 Å². The third-order valence-corrected chi connectivity index (χ3v) is 5.05. The maximum absolute atomic E-state index is 12.2. The maximum Gasteiger partial charge on any atom is 0.389 e. The fraction of sp³-hybridized carbons (Fsp3) is 0.667. The molecular formula is C18H23F3N2O2. The number of halogens is 3. The Balaban J connectivity index is 1.45. The first-order chi connectivity index (χ1) is 11.9. The average molecular weight is 356 g/mol. The monoisotopic (exact) mass is 356 g/mol. The Kier molecular flexibility index (Phi) is 5.20. The molecule has 2 aliphatic heterocycles. The Morgan fingerprint density at radius 3 is 2.68 bits per heavy atom. The predicted molar refractivity (Wildman–Crippen MR) is 88.0 cm³/mol. The summed E-state index contributed by atoms with van der Waals surface area (Å²) in [6, 6.07) is 0. The van der Waals surface area contributed by atoms with E-state index in [2.05, 4.69) is 23.4 Å². The molecule has 7 heteroatoms. The van der Waals surface area contributed by atoms with E-state index in [9.17, 15) is 18.0 Å². The minimum atomic E-state index is -4.19. The van der Waals surface area contributed by atoms with Gasteiger partial charge in [-0.25, -0.2) is 0 Å². The number of amides is 1. The van der Waals surface area contributed by atoms with Crippen molar-refractivity contribution in [2.75, 3.05) is 13.1 Å². The molecule has 25 heavy (non-hydrogen) atoms. The van der Waals surface area contributed by atoms with Gasteiger partial charge in [-0.3, -0.25) is 4.79 Å². The summed E-state index contributed by atoms with van der Waals surface area (Å²) in [5, 5.41) is 4.25. The topological polar surface area (TPSA) is 41.9 Å². The van der Waals surface area contributed by atoms with Gasteiger partial charge in [-0.15, -0.1) is 0 Å². The van der Waals surface area contributed by atoms with Gasteiger partial charge in [-0.1, -0.05) is 23.4 Å². The molecule has 0 atom stereocenters. The molecule has 0 aromatic rings. The van der Waals surface area contributed by atoms with E-state index in [1.807, 2.05) is 0 Å². The summed E-state index contributed by atoms with van der Waals surface area (Å²) in [4.78, 5) is 19.5. The zero-order valence-electron chi connectivity index (χ0n) is 14.1. The molecule has 1 spiro atoms. The minimum absolute atomic E-state index is 0.0488. The largest absolute Gasteiger partial charge is 0.389 e. The summed E-state index contributed by atoms with van der Waals surface area (Å²) in [7, 11) is 0. The van der Waals surface area contributed by atoms with E-state index in [4.69, 9.17) is 4.84 Å². The third kappa shape index (κ3) is 4.64. The fourth-order valence-corrected chi connectivity index (χ4v) is 3.53. The Morgan fingerprint density at radius 1 is 1.28 bits per heavy atom. The van der Waals surface area contributed by atoms with Gasteiger partial charge in [0.1, 0.15) is 5.60 Å². The van der Waals surface area contributed by atoms with Gasteiger partial charge in [-0.2, -0.15) is 13.2 Å². The lowest BCUT2D eigenvalue weighted by atomic mass is 9.84. The summed E-state index contributed by atoms with van der Waals surface area (Å²) in [6.07, 6.45) is 5.21. The number of hydrogen-bond donors (Lipinski definition) is 0. The standard InChI is InChI=1S/C18H23F3N2O2/c19-18(20,21)8-4-7-16(24)23-11-9-17(10-12-23)13-15(22-25-17)14-5-2-1-3-6-14/h2,5-6H,1,3-4,7-13H2. The van der Waals surface area contributed by atoms with Crippen LogP contribution >= 0.6 is 0 Å². The highest BCUT2D eigenvalue weighted by Crippen LogP contribution is 2.37. The molecular weight excluding hydrogens is 333 g/mol. The number of rotatable bonds is 4. The van der Waals surface area contributed by atoms with Gasteiger partial charge in [0.25, 0.3) is 0 Å². The molecule has 0 N–H and O–H groups in total. The van der Waals surface area contributed by atoms with Gasteiger partial charge in [0.2, 0.25) is 5.91 Å². The molecule has 0 aromatic heterocycles. The summed E-state index contributed by atoms with van der Waals surface area (Å²) in [5.41, 5.74) is 1.72. The lowest BCUT2D eigenvalue weighted by molar-refractivity contribution is -0.142. The van der Waals surface area contributed by atoms with E-state index in [-0.39, 0.29) is 24.3 Å². The molecule has 4 nitrogen and oxygen atoms in total. The zero-order chi connectivity index (χ0) is 17.9. The van der Waals surface area contributed by atoms with Gasteiger partial charge in [0.15, 0.2) is 0 Å². The van der Waals surface area contributed by atoms with Crippen molar-refractivity contribution in [3.63, 3.8) is 0 Å². The second-order valence-electron chi connectivity index (χ2n) is 6.98. The van der Waals surface area contributed by atoms with Crippen molar-refractivity contribution in [2.45, 2.75) is 63.1 Å². The smallest absolute Gasteiger partial charge is 0.388 e. The highest BCUT2D eigenvalue weighted by Gasteiger charge is 2.43. The number of hydrogen-bond acceptors (Lipinski definition) is 3. The van der Waals surface area contributed by atoms with Crippen LogP contribution in [0.5, 0.6) is 0 Å². The van der Waals surface area contributed by atoms with Crippen molar-refractivity contribution in [3.05, 3.63) is 23.8 Å². The SMILES string of the molecule is O=C(CCCC(F)(F)F)N1CCC2(CC1)CC(C1=CCCC=C1)=NO2. The highest BCUT2D eigenvalue weighted by atomic mass is 19.4. The molecule has 0 saturated carbocycles. The van der Waals surface area contributed by atoms with Crippen LogP contribution in [0.2, 0.25) is 0 Å². The number of piperidine rings is 1. The quantitative estimate of drug-likeness (QED) is 0.760. The van der Waals surface area contributed by atoms with Crippen molar-refractivity contribution >= 4 is 11.6 Å². The van der Waals surface area contributed by atoms with Gasteiger partial charge < -0.3 is 9.74 Å². The summed E-state index contributed by atoms with van der Waals surface area (Å²) >= 11 is 0. The number of carbonyl (C=O) groups excluding carboxylic acids is 1. The molecule has 3 rings (SSSR count). The molecule has 0 radical (unpaired) electrons. The van der Waals surface area contributed by atoms with Crippen LogP contribution in [0.4, 0.5) is 13.2 Å². The molecule has 0 unspecified atom stereocenters. The molecule has 0 bridgehead atoms. The number of likely N-dealkylation sites (tertiary alicyclic amines) is 1. The fourth-order valence-electron chi connectivity index (χ4n) is 3.53. The Bertz CT molecular complexity index is 600. The van der Waals surface area contributed by atoms with E-state index in [0.717, 1.165) is 30.5 Å². The van der Waals surface area contributed by atoms with Gasteiger partial charge in [0.05, 0.1) is 5.71 Å². The van der Waals surface area contributed by atoms with Crippen molar-refractivity contribution in [2.24, 2.45) is 5.16 Å². The van der Waals surface area contributed by atoms with Crippen molar-refractivity contribution in [3.8, 4) is 0 Å². The maximum atomic E-state index is 12.2. The van der Waals surface area contributed by atoms with Gasteiger partial charge in [-0.05, 0) is 24.8 Å². The first-order valence-electron chi connectivity index (χ1n) is 8.84. The number of nitrogens with zero attached hydrogens (tertiary/aromatic N) is 2. The Labute approximate surface area is 145 Å². The summed E-state index contributed by atoms with van der Waals surface area (Å²) < 4.78 is 36.5.